The van der Waals surface area contributed by atoms with Crippen molar-refractivity contribution in [3.05, 3.63) is 29.8 Å². The lowest BCUT2D eigenvalue weighted by Gasteiger charge is -2.36. The van der Waals surface area contributed by atoms with Crippen LogP contribution in [0.5, 0.6) is 0 Å². The lowest BCUT2D eigenvalue weighted by Crippen LogP contribution is -2.51. The van der Waals surface area contributed by atoms with Crippen molar-refractivity contribution in [3.8, 4) is 0 Å². The summed E-state index contributed by atoms with van der Waals surface area (Å²) in [5.41, 5.74) is 0.477. The van der Waals surface area contributed by atoms with Crippen molar-refractivity contribution in [1.29, 1.82) is 0 Å². The van der Waals surface area contributed by atoms with Crippen LogP contribution >= 0.6 is 0 Å². The Bertz CT molecular complexity index is 752. The molecule has 1 unspecified atom stereocenters. The molecular weight excluding hydrogens is 378 g/mol. The van der Waals surface area contributed by atoms with Crippen LogP contribution in [-0.4, -0.2) is 75.5 Å². The van der Waals surface area contributed by atoms with Gasteiger partial charge in [0, 0.05) is 44.3 Å². The van der Waals surface area contributed by atoms with Crippen LogP contribution in [0.2, 0.25) is 0 Å². The highest BCUT2D eigenvalue weighted by molar-refractivity contribution is 7.89. The summed E-state index contributed by atoms with van der Waals surface area (Å²) < 4.78 is 32.1. The van der Waals surface area contributed by atoms with E-state index in [0.717, 1.165) is 39.1 Å². The van der Waals surface area contributed by atoms with Gasteiger partial charge in [0.2, 0.25) is 10.0 Å². The fourth-order valence-electron chi connectivity index (χ4n) is 3.85. The summed E-state index contributed by atoms with van der Waals surface area (Å²) in [7, 11) is -3.45. The Labute approximate surface area is 168 Å². The summed E-state index contributed by atoms with van der Waals surface area (Å²) >= 11 is 0. The van der Waals surface area contributed by atoms with Crippen molar-refractivity contribution in [1.82, 2.24) is 14.5 Å². The van der Waals surface area contributed by atoms with E-state index in [0.29, 0.717) is 31.1 Å². The third-order valence-corrected chi connectivity index (χ3v) is 7.49. The van der Waals surface area contributed by atoms with Gasteiger partial charge in [0.15, 0.2) is 0 Å². The third kappa shape index (κ3) is 4.92. The molecule has 2 aliphatic rings. The maximum Gasteiger partial charge on any atom is 0.251 e. The van der Waals surface area contributed by atoms with Gasteiger partial charge in [-0.05, 0) is 43.0 Å². The molecule has 2 saturated heterocycles. The molecule has 0 bridgehead atoms. The zero-order valence-corrected chi connectivity index (χ0v) is 17.6. The van der Waals surface area contributed by atoms with Crippen LogP contribution in [0.25, 0.3) is 0 Å². The number of amides is 1. The highest BCUT2D eigenvalue weighted by Crippen LogP contribution is 2.21. The lowest BCUT2D eigenvalue weighted by atomic mass is 10.0. The van der Waals surface area contributed by atoms with E-state index in [1.54, 1.807) is 12.1 Å². The van der Waals surface area contributed by atoms with Crippen molar-refractivity contribution in [2.45, 2.75) is 37.6 Å². The molecule has 0 aliphatic carbocycles. The van der Waals surface area contributed by atoms with E-state index in [4.69, 9.17) is 4.74 Å². The van der Waals surface area contributed by atoms with Crippen molar-refractivity contribution in [2.24, 2.45) is 5.92 Å². The number of nitrogens with one attached hydrogen (secondary N) is 1. The number of morpholine rings is 1. The Morgan fingerprint density at radius 3 is 2.25 bits per heavy atom. The average Bonchev–Trinajstić information content (AvgIpc) is 3.24. The molecular formula is C20H31N3O4S. The molecule has 1 N–H and O–H groups in total. The quantitative estimate of drug-likeness (QED) is 0.739. The number of carbonyl (C=O) groups is 1. The highest BCUT2D eigenvalue weighted by Gasteiger charge is 2.27. The molecule has 1 amide bonds. The van der Waals surface area contributed by atoms with Crippen LogP contribution in [0.4, 0.5) is 0 Å². The Balaban J connectivity index is 1.61. The molecule has 0 aromatic heterocycles. The maximum absolute atomic E-state index is 12.6. The number of benzene rings is 1. The average molecular weight is 410 g/mol. The number of sulfonamides is 1. The lowest BCUT2D eigenvalue weighted by molar-refractivity contribution is 0.00672. The third-order valence-electron chi connectivity index (χ3n) is 5.58. The smallest absolute Gasteiger partial charge is 0.251 e. The Kier molecular flexibility index (Phi) is 7.09. The molecule has 0 saturated carbocycles. The van der Waals surface area contributed by atoms with Gasteiger partial charge in [0.1, 0.15) is 0 Å². The number of carbonyl (C=O) groups excluding carboxylic acids is 1. The van der Waals surface area contributed by atoms with Crippen LogP contribution in [0.15, 0.2) is 29.2 Å². The zero-order chi connectivity index (χ0) is 20.1. The first kappa shape index (κ1) is 21.2. The molecule has 1 aromatic carbocycles. The number of ether oxygens (including phenoxy) is 1. The molecule has 0 spiro atoms. The van der Waals surface area contributed by atoms with Gasteiger partial charge < -0.3 is 10.1 Å². The first-order valence-corrected chi connectivity index (χ1v) is 11.5. The second-order valence-electron chi connectivity index (χ2n) is 7.81. The second kappa shape index (κ2) is 9.35. The van der Waals surface area contributed by atoms with Crippen LogP contribution in [0, 0.1) is 5.92 Å². The van der Waals surface area contributed by atoms with Crippen LogP contribution < -0.4 is 5.32 Å². The molecule has 0 radical (unpaired) electrons. The minimum Gasteiger partial charge on any atom is -0.379 e. The molecule has 8 heteroatoms. The molecule has 2 fully saturated rings. The first-order valence-electron chi connectivity index (χ1n) is 10.1. The number of hydrogen-bond acceptors (Lipinski definition) is 5. The Hall–Kier alpha value is -1.48. The van der Waals surface area contributed by atoms with E-state index >= 15 is 0 Å². The topological polar surface area (TPSA) is 79.0 Å². The minimum atomic E-state index is -3.45. The number of rotatable bonds is 7. The van der Waals surface area contributed by atoms with E-state index in [-0.39, 0.29) is 16.8 Å². The SMILES string of the molecule is CC(C)C(CNC(=O)c1ccc(S(=O)(=O)N2CCCC2)cc1)N1CCOCC1. The molecule has 2 aliphatic heterocycles. The van der Waals surface area contributed by atoms with Gasteiger partial charge in [0.05, 0.1) is 18.1 Å². The van der Waals surface area contributed by atoms with Crippen LogP contribution in [0.3, 0.4) is 0 Å². The van der Waals surface area contributed by atoms with Gasteiger partial charge in [-0.3, -0.25) is 9.69 Å². The van der Waals surface area contributed by atoms with E-state index in [9.17, 15) is 13.2 Å². The van der Waals surface area contributed by atoms with Gasteiger partial charge in [0.25, 0.3) is 5.91 Å². The van der Waals surface area contributed by atoms with Gasteiger partial charge in [-0.2, -0.15) is 4.31 Å². The monoisotopic (exact) mass is 409 g/mol. The molecule has 1 atom stereocenters. The predicted octanol–water partition coefficient (Wildman–Crippen LogP) is 1.56. The molecule has 28 heavy (non-hydrogen) atoms. The fourth-order valence-corrected chi connectivity index (χ4v) is 5.37. The van der Waals surface area contributed by atoms with E-state index in [1.165, 1.54) is 16.4 Å². The summed E-state index contributed by atoms with van der Waals surface area (Å²) in [6, 6.07) is 6.51. The summed E-state index contributed by atoms with van der Waals surface area (Å²) in [4.78, 5) is 15.2. The normalized spacial score (nSPS) is 20.4. The summed E-state index contributed by atoms with van der Waals surface area (Å²) in [5, 5.41) is 3.01. The van der Waals surface area contributed by atoms with Gasteiger partial charge >= 0.3 is 0 Å². The summed E-state index contributed by atoms with van der Waals surface area (Å²) in [6.07, 6.45) is 1.81. The largest absolute Gasteiger partial charge is 0.379 e. The molecule has 1 aromatic rings. The second-order valence-corrected chi connectivity index (χ2v) is 9.74. The molecule has 156 valence electrons. The van der Waals surface area contributed by atoms with E-state index in [2.05, 4.69) is 24.1 Å². The van der Waals surface area contributed by atoms with E-state index in [1.807, 2.05) is 0 Å². The minimum absolute atomic E-state index is 0.177. The van der Waals surface area contributed by atoms with E-state index < -0.39 is 10.0 Å². The van der Waals surface area contributed by atoms with Crippen molar-refractivity contribution in [3.63, 3.8) is 0 Å². The van der Waals surface area contributed by atoms with Crippen LogP contribution in [0.1, 0.15) is 37.0 Å². The molecule has 3 rings (SSSR count). The van der Waals surface area contributed by atoms with Crippen molar-refractivity contribution < 1.29 is 17.9 Å². The number of hydrogen-bond donors (Lipinski definition) is 1. The highest BCUT2D eigenvalue weighted by atomic mass is 32.2. The summed E-state index contributed by atoms with van der Waals surface area (Å²) in [6.45, 7) is 9.22. The maximum atomic E-state index is 12.6. The van der Waals surface area contributed by atoms with Crippen LogP contribution in [-0.2, 0) is 14.8 Å². The molecule has 2 heterocycles. The Morgan fingerprint density at radius 1 is 1.07 bits per heavy atom. The molecule has 7 nitrogen and oxygen atoms in total. The first-order chi connectivity index (χ1) is 13.4. The van der Waals surface area contributed by atoms with Crippen molar-refractivity contribution >= 4 is 15.9 Å². The fraction of sp³-hybridized carbons (Fsp3) is 0.650. The van der Waals surface area contributed by atoms with Crippen molar-refractivity contribution in [2.75, 3.05) is 45.9 Å². The standard InChI is InChI=1S/C20H31N3O4S/c1-16(2)19(22-11-13-27-14-12-22)15-21-20(24)17-5-7-18(8-6-17)28(25,26)23-9-3-4-10-23/h5-8,16,19H,3-4,9-15H2,1-2H3,(H,21,24). The predicted molar refractivity (Wildman–Crippen MR) is 108 cm³/mol. The Morgan fingerprint density at radius 2 is 1.68 bits per heavy atom. The zero-order valence-electron chi connectivity index (χ0n) is 16.8. The van der Waals surface area contributed by atoms with Gasteiger partial charge in [-0.1, -0.05) is 13.8 Å². The van der Waals surface area contributed by atoms with Gasteiger partial charge in [-0.15, -0.1) is 0 Å². The number of nitrogens with zero attached hydrogens (tertiary/aromatic N) is 2. The summed E-state index contributed by atoms with van der Waals surface area (Å²) in [5.74, 6) is 0.232. The van der Waals surface area contributed by atoms with Gasteiger partial charge in [-0.25, -0.2) is 8.42 Å².